The first-order chi connectivity index (χ1) is 16.7. The molecule has 180 valence electrons. The molecule has 7 heteroatoms. The molecule has 1 aromatic heterocycles. The fourth-order valence-corrected chi connectivity index (χ4v) is 2.99. The van der Waals surface area contributed by atoms with Crippen LogP contribution in [0.15, 0.2) is 87.6 Å². The number of hydrogen-bond acceptors (Lipinski definition) is 7. The Morgan fingerprint density at radius 3 is 2.11 bits per heavy atom. The number of allylic oxidation sites excluding steroid dienone is 1. The smallest absolute Gasteiger partial charge is 0.336 e. The summed E-state index contributed by atoms with van der Waals surface area (Å²) in [5.74, 6) is 0.593. The molecule has 1 heterocycles. The molecule has 3 aromatic carbocycles. The van der Waals surface area contributed by atoms with Crippen molar-refractivity contribution in [3.63, 3.8) is 0 Å². The Morgan fingerprint density at radius 1 is 0.800 bits per heavy atom. The molecule has 0 radical (unpaired) electrons. The molecule has 0 fully saturated rings. The number of fused-ring (bicyclic) bond motifs is 1. The fraction of sp³-hybridized carbons (Fsp3) is 0.107. The van der Waals surface area contributed by atoms with E-state index in [-0.39, 0.29) is 23.0 Å². The third-order valence-electron chi connectivity index (χ3n) is 4.72. The predicted molar refractivity (Wildman–Crippen MR) is 136 cm³/mol. The van der Waals surface area contributed by atoms with Crippen LogP contribution in [-0.2, 0) is 0 Å². The summed E-state index contributed by atoms with van der Waals surface area (Å²) in [6.45, 7) is 4.28. The van der Waals surface area contributed by atoms with Gasteiger partial charge in [-0.15, -0.1) is 0 Å². The van der Waals surface area contributed by atoms with Crippen molar-refractivity contribution >= 4 is 23.1 Å². The Balaban J connectivity index is 0.000000196. The van der Waals surface area contributed by atoms with Crippen LogP contribution in [0.1, 0.15) is 25.0 Å². The van der Waals surface area contributed by atoms with E-state index < -0.39 is 5.63 Å². The van der Waals surface area contributed by atoms with E-state index in [1.807, 2.05) is 26.0 Å². The van der Waals surface area contributed by atoms with Gasteiger partial charge < -0.3 is 29.6 Å². The number of ether oxygens (including phenoxy) is 1. The summed E-state index contributed by atoms with van der Waals surface area (Å²) in [5, 5.41) is 38.2. The van der Waals surface area contributed by atoms with Gasteiger partial charge in [0.05, 0.1) is 0 Å². The Kier molecular flexibility index (Phi) is 8.19. The maximum absolute atomic E-state index is 11.1. The van der Waals surface area contributed by atoms with Gasteiger partial charge in [0.1, 0.15) is 29.4 Å². The lowest BCUT2D eigenvalue weighted by molar-refractivity contribution is 0.335. The van der Waals surface area contributed by atoms with Gasteiger partial charge in [0.25, 0.3) is 0 Å². The highest BCUT2D eigenvalue weighted by Gasteiger charge is 2.06. The molecule has 0 aliphatic carbocycles. The average molecular weight is 475 g/mol. The molecule has 0 saturated carbocycles. The van der Waals surface area contributed by atoms with Gasteiger partial charge in [-0.25, -0.2) is 4.79 Å². The van der Waals surface area contributed by atoms with Crippen LogP contribution in [0.25, 0.3) is 23.1 Å². The van der Waals surface area contributed by atoms with Crippen molar-refractivity contribution in [2.24, 2.45) is 0 Å². The lowest BCUT2D eigenvalue weighted by atomic mass is 10.1. The van der Waals surface area contributed by atoms with E-state index in [2.05, 4.69) is 0 Å². The molecule has 0 atom stereocenters. The predicted octanol–water partition coefficient (Wildman–Crippen LogP) is 5.82. The maximum atomic E-state index is 11.1. The van der Waals surface area contributed by atoms with Gasteiger partial charge in [-0.05, 0) is 67.4 Å². The van der Waals surface area contributed by atoms with Crippen LogP contribution in [0.5, 0.6) is 28.7 Å². The lowest BCUT2D eigenvalue weighted by Gasteiger charge is -2.07. The quantitative estimate of drug-likeness (QED) is 0.163. The second kappa shape index (κ2) is 11.5. The van der Waals surface area contributed by atoms with E-state index in [1.54, 1.807) is 48.5 Å². The number of phenolic OH excluding ortho intramolecular Hbond substituents is 4. The molecule has 0 bridgehead atoms. The summed E-state index contributed by atoms with van der Waals surface area (Å²) >= 11 is 0. The molecule has 35 heavy (non-hydrogen) atoms. The lowest BCUT2D eigenvalue weighted by Crippen LogP contribution is -1.97. The number of benzene rings is 3. The molecular formula is C28H26O7. The first-order valence-electron chi connectivity index (χ1n) is 10.7. The molecule has 0 aliphatic rings. The van der Waals surface area contributed by atoms with Crippen LogP contribution in [0, 0.1) is 0 Å². The maximum Gasteiger partial charge on any atom is 0.336 e. The van der Waals surface area contributed by atoms with Gasteiger partial charge in [0, 0.05) is 23.6 Å². The molecular weight excluding hydrogens is 448 g/mol. The van der Waals surface area contributed by atoms with Gasteiger partial charge in [0.15, 0.2) is 11.5 Å². The van der Waals surface area contributed by atoms with Crippen molar-refractivity contribution in [1.29, 1.82) is 0 Å². The SMILES string of the molecule is CC(C)=CCOc1cc2oc(=O)ccc2cc1O.Oc1ccc(C=Cc2cc(O)cc(O)c2)cc1. The highest BCUT2D eigenvalue weighted by molar-refractivity contribution is 5.80. The van der Waals surface area contributed by atoms with Crippen LogP contribution < -0.4 is 10.4 Å². The average Bonchev–Trinajstić information content (AvgIpc) is 2.79. The minimum Gasteiger partial charge on any atom is -0.508 e. The summed E-state index contributed by atoms with van der Waals surface area (Å²) in [4.78, 5) is 11.1. The van der Waals surface area contributed by atoms with E-state index in [4.69, 9.17) is 14.3 Å². The van der Waals surface area contributed by atoms with Gasteiger partial charge >= 0.3 is 5.63 Å². The van der Waals surface area contributed by atoms with Crippen molar-refractivity contribution < 1.29 is 29.6 Å². The van der Waals surface area contributed by atoms with E-state index >= 15 is 0 Å². The number of rotatable bonds is 5. The number of hydrogen-bond donors (Lipinski definition) is 4. The van der Waals surface area contributed by atoms with Crippen LogP contribution >= 0.6 is 0 Å². The summed E-state index contributed by atoms with van der Waals surface area (Å²) in [6.07, 6.45) is 5.49. The van der Waals surface area contributed by atoms with Crippen molar-refractivity contribution in [1.82, 2.24) is 0 Å². The highest BCUT2D eigenvalue weighted by Crippen LogP contribution is 2.30. The highest BCUT2D eigenvalue weighted by atomic mass is 16.5. The normalized spacial score (nSPS) is 10.6. The zero-order chi connectivity index (χ0) is 25.4. The monoisotopic (exact) mass is 474 g/mol. The summed E-state index contributed by atoms with van der Waals surface area (Å²) in [5.41, 5.74) is 2.72. The van der Waals surface area contributed by atoms with Crippen LogP contribution in [0.2, 0.25) is 0 Å². The summed E-state index contributed by atoms with van der Waals surface area (Å²) in [7, 11) is 0. The fourth-order valence-electron chi connectivity index (χ4n) is 2.99. The van der Waals surface area contributed by atoms with Crippen LogP contribution in [0.4, 0.5) is 0 Å². The van der Waals surface area contributed by atoms with E-state index in [9.17, 15) is 20.1 Å². The van der Waals surface area contributed by atoms with E-state index in [0.29, 0.717) is 28.9 Å². The topological polar surface area (TPSA) is 120 Å². The van der Waals surface area contributed by atoms with Crippen LogP contribution in [-0.4, -0.2) is 27.0 Å². The van der Waals surface area contributed by atoms with Crippen molar-refractivity contribution in [3.05, 3.63) is 99.9 Å². The first kappa shape index (κ1) is 25.0. The molecule has 0 spiro atoms. The second-order valence-corrected chi connectivity index (χ2v) is 7.91. The minimum absolute atomic E-state index is 0.0235. The standard InChI is InChI=1S/C14H14O4.C14H12O3/c1-9(2)5-6-17-13-8-12-10(7-11(13)15)3-4-14(16)18-12;15-12-5-3-10(4-6-12)1-2-11-7-13(16)9-14(17)8-11/h3-5,7-8,15H,6H2,1-2H3;1-9,15-17H. The van der Waals surface area contributed by atoms with E-state index in [1.165, 1.54) is 24.3 Å². The number of aromatic hydroxyl groups is 4. The molecule has 4 rings (SSSR count). The van der Waals surface area contributed by atoms with Gasteiger partial charge in [0.2, 0.25) is 0 Å². The largest absolute Gasteiger partial charge is 0.508 e. The zero-order valence-electron chi connectivity index (χ0n) is 19.3. The second-order valence-electron chi connectivity index (χ2n) is 7.91. The third-order valence-corrected chi connectivity index (χ3v) is 4.72. The Hall–Kier alpha value is -4.65. The molecule has 4 N–H and O–H groups in total. The first-order valence-corrected chi connectivity index (χ1v) is 10.7. The Bertz CT molecular complexity index is 1390. The summed E-state index contributed by atoms with van der Waals surface area (Å²) < 4.78 is 10.4. The van der Waals surface area contributed by atoms with Gasteiger partial charge in [-0.3, -0.25) is 0 Å². The van der Waals surface area contributed by atoms with Crippen molar-refractivity contribution in [2.75, 3.05) is 6.61 Å². The Labute approximate surface area is 202 Å². The third kappa shape index (κ3) is 7.71. The van der Waals surface area contributed by atoms with Crippen molar-refractivity contribution in [2.45, 2.75) is 13.8 Å². The van der Waals surface area contributed by atoms with Crippen LogP contribution in [0.3, 0.4) is 0 Å². The molecule has 7 nitrogen and oxygen atoms in total. The number of phenols is 4. The zero-order valence-corrected chi connectivity index (χ0v) is 19.3. The van der Waals surface area contributed by atoms with Gasteiger partial charge in [-0.1, -0.05) is 29.9 Å². The Morgan fingerprint density at radius 2 is 1.46 bits per heavy atom. The van der Waals surface area contributed by atoms with Crippen molar-refractivity contribution in [3.8, 4) is 28.7 Å². The van der Waals surface area contributed by atoms with Gasteiger partial charge in [-0.2, -0.15) is 0 Å². The molecule has 0 aliphatic heterocycles. The summed E-state index contributed by atoms with van der Waals surface area (Å²) in [6, 6.07) is 17.1. The van der Waals surface area contributed by atoms with E-state index in [0.717, 1.165) is 11.1 Å². The molecule has 0 unspecified atom stereocenters. The molecule has 4 aromatic rings. The molecule has 0 saturated heterocycles. The molecule has 0 amide bonds. The minimum atomic E-state index is -0.427.